The number of aryl methyl sites for hydroxylation is 1. The van der Waals surface area contributed by atoms with Crippen molar-refractivity contribution in [3.05, 3.63) is 29.5 Å². The molecule has 10 nitrogen and oxygen atoms in total. The van der Waals surface area contributed by atoms with Gasteiger partial charge < -0.3 is 34.7 Å². The number of H-pyrrole nitrogens is 1. The molecular formula is C21H24N6O4. The summed E-state index contributed by atoms with van der Waals surface area (Å²) in [5.74, 6) is 1.97. The molecule has 4 heterocycles. The standard InChI is InChI=1S/C21H24N6O4/c1-12-11-23-19-15(12)18(22-2)25-21(26-19)24-14-4-3-13(16-17(14)31-10-9-30-16)20(28)27-5-7-29-8-6-27/h3-4,11H,5-10H2,1-2H3,(H3,22,23,24,25,26). The van der Waals surface area contributed by atoms with Gasteiger partial charge in [0.25, 0.3) is 5.91 Å². The Kier molecular flexibility index (Phi) is 4.99. The second-order valence-corrected chi connectivity index (χ2v) is 7.39. The normalized spacial score (nSPS) is 15.7. The lowest BCUT2D eigenvalue weighted by molar-refractivity contribution is 0.0298. The molecule has 1 saturated heterocycles. The highest BCUT2D eigenvalue weighted by Crippen LogP contribution is 2.42. The van der Waals surface area contributed by atoms with Gasteiger partial charge in [-0.25, -0.2) is 0 Å². The van der Waals surface area contributed by atoms with E-state index in [-0.39, 0.29) is 5.91 Å². The number of anilines is 3. The molecular weight excluding hydrogens is 400 g/mol. The van der Waals surface area contributed by atoms with Crippen molar-refractivity contribution in [1.29, 1.82) is 0 Å². The smallest absolute Gasteiger partial charge is 0.257 e. The Morgan fingerprint density at radius 1 is 1.10 bits per heavy atom. The average molecular weight is 424 g/mol. The molecule has 10 heteroatoms. The Balaban J connectivity index is 1.50. The number of hydrogen-bond acceptors (Lipinski definition) is 8. The Morgan fingerprint density at radius 2 is 1.87 bits per heavy atom. The topological polar surface area (TPSA) is 114 Å². The zero-order valence-electron chi connectivity index (χ0n) is 17.4. The van der Waals surface area contributed by atoms with E-state index in [0.717, 1.165) is 22.4 Å². The Bertz CT molecular complexity index is 1140. The number of amides is 1. The minimum Gasteiger partial charge on any atom is -0.485 e. The van der Waals surface area contributed by atoms with Crippen molar-refractivity contribution in [2.75, 3.05) is 57.2 Å². The maximum Gasteiger partial charge on any atom is 0.257 e. The van der Waals surface area contributed by atoms with Gasteiger partial charge in [0.1, 0.15) is 24.7 Å². The monoisotopic (exact) mass is 424 g/mol. The van der Waals surface area contributed by atoms with Crippen LogP contribution in [0.2, 0.25) is 0 Å². The van der Waals surface area contributed by atoms with E-state index in [1.807, 2.05) is 20.2 Å². The van der Waals surface area contributed by atoms with Gasteiger partial charge in [-0.1, -0.05) is 0 Å². The molecule has 0 aliphatic carbocycles. The Hall–Kier alpha value is -3.53. The molecule has 1 amide bonds. The van der Waals surface area contributed by atoms with Crippen LogP contribution in [0.4, 0.5) is 17.5 Å². The molecule has 31 heavy (non-hydrogen) atoms. The number of rotatable bonds is 4. The summed E-state index contributed by atoms with van der Waals surface area (Å²) in [6.07, 6.45) is 1.90. The van der Waals surface area contributed by atoms with Crippen molar-refractivity contribution in [3.63, 3.8) is 0 Å². The largest absolute Gasteiger partial charge is 0.485 e. The quantitative estimate of drug-likeness (QED) is 0.585. The second kappa shape index (κ2) is 7.95. The van der Waals surface area contributed by atoms with E-state index >= 15 is 0 Å². The highest BCUT2D eigenvalue weighted by molar-refractivity contribution is 5.99. The predicted molar refractivity (Wildman–Crippen MR) is 116 cm³/mol. The van der Waals surface area contributed by atoms with Gasteiger partial charge in [-0.15, -0.1) is 0 Å². The molecule has 1 fully saturated rings. The van der Waals surface area contributed by atoms with Gasteiger partial charge in [-0.3, -0.25) is 4.79 Å². The number of aromatic amines is 1. The molecule has 2 aliphatic rings. The lowest BCUT2D eigenvalue weighted by Gasteiger charge is -2.29. The number of nitrogens with one attached hydrogen (secondary N) is 3. The molecule has 5 rings (SSSR count). The molecule has 0 atom stereocenters. The minimum atomic E-state index is -0.0893. The van der Waals surface area contributed by atoms with Gasteiger partial charge in [0.2, 0.25) is 5.95 Å². The van der Waals surface area contributed by atoms with Gasteiger partial charge in [-0.2, -0.15) is 9.97 Å². The fraction of sp³-hybridized carbons (Fsp3) is 0.381. The van der Waals surface area contributed by atoms with Crippen LogP contribution in [0.25, 0.3) is 11.0 Å². The van der Waals surface area contributed by atoms with E-state index in [1.165, 1.54) is 0 Å². The molecule has 0 spiro atoms. The summed E-state index contributed by atoms with van der Waals surface area (Å²) in [6.45, 7) is 4.98. The first kappa shape index (κ1) is 19.4. The summed E-state index contributed by atoms with van der Waals surface area (Å²) in [4.78, 5) is 27.2. The van der Waals surface area contributed by atoms with Crippen LogP contribution in [-0.4, -0.2) is 72.3 Å². The average Bonchev–Trinajstić information content (AvgIpc) is 3.19. The fourth-order valence-corrected chi connectivity index (χ4v) is 3.89. The van der Waals surface area contributed by atoms with Crippen LogP contribution in [0.15, 0.2) is 18.3 Å². The first-order valence-electron chi connectivity index (χ1n) is 10.3. The summed E-state index contributed by atoms with van der Waals surface area (Å²) < 4.78 is 17.1. The van der Waals surface area contributed by atoms with Crippen molar-refractivity contribution in [2.45, 2.75) is 6.92 Å². The van der Waals surface area contributed by atoms with E-state index < -0.39 is 0 Å². The van der Waals surface area contributed by atoms with Gasteiger partial charge >= 0.3 is 0 Å². The van der Waals surface area contributed by atoms with Crippen molar-refractivity contribution in [2.24, 2.45) is 0 Å². The molecule has 1 aromatic carbocycles. The zero-order valence-corrected chi connectivity index (χ0v) is 17.4. The van der Waals surface area contributed by atoms with Crippen LogP contribution in [-0.2, 0) is 4.74 Å². The van der Waals surface area contributed by atoms with Gasteiger partial charge in [0.05, 0.1) is 29.9 Å². The third-order valence-corrected chi connectivity index (χ3v) is 5.43. The van der Waals surface area contributed by atoms with Crippen molar-refractivity contribution in [3.8, 4) is 11.5 Å². The van der Waals surface area contributed by atoms with Crippen LogP contribution in [0.5, 0.6) is 11.5 Å². The number of carbonyl (C=O) groups is 1. The Morgan fingerprint density at radius 3 is 2.65 bits per heavy atom. The lowest BCUT2D eigenvalue weighted by atomic mass is 10.1. The number of carbonyl (C=O) groups excluding carboxylic acids is 1. The summed E-state index contributed by atoms with van der Waals surface area (Å²) in [6, 6.07) is 3.55. The van der Waals surface area contributed by atoms with Crippen LogP contribution in [0.3, 0.4) is 0 Å². The molecule has 0 radical (unpaired) electrons. The van der Waals surface area contributed by atoms with Crippen molar-refractivity contribution in [1.82, 2.24) is 19.9 Å². The predicted octanol–water partition coefficient (Wildman–Crippen LogP) is 2.30. The first-order valence-corrected chi connectivity index (χ1v) is 10.3. The van der Waals surface area contributed by atoms with E-state index in [9.17, 15) is 4.79 Å². The van der Waals surface area contributed by atoms with Gasteiger partial charge in [-0.05, 0) is 24.6 Å². The van der Waals surface area contributed by atoms with Gasteiger partial charge in [0.15, 0.2) is 11.5 Å². The summed E-state index contributed by atoms with van der Waals surface area (Å²) in [7, 11) is 1.82. The molecule has 0 unspecified atom stereocenters. The third kappa shape index (κ3) is 3.48. The highest BCUT2D eigenvalue weighted by atomic mass is 16.6. The van der Waals surface area contributed by atoms with Crippen molar-refractivity contribution < 1.29 is 19.0 Å². The van der Waals surface area contributed by atoms with E-state index in [0.29, 0.717) is 68.2 Å². The minimum absolute atomic E-state index is 0.0893. The van der Waals surface area contributed by atoms with Gasteiger partial charge in [0, 0.05) is 26.3 Å². The van der Waals surface area contributed by atoms with E-state index in [2.05, 4.69) is 25.6 Å². The van der Waals surface area contributed by atoms with Crippen molar-refractivity contribution >= 4 is 34.4 Å². The molecule has 2 aliphatic heterocycles. The fourth-order valence-electron chi connectivity index (χ4n) is 3.89. The first-order chi connectivity index (χ1) is 15.2. The maximum absolute atomic E-state index is 13.1. The molecule has 0 saturated carbocycles. The summed E-state index contributed by atoms with van der Waals surface area (Å²) >= 11 is 0. The number of fused-ring (bicyclic) bond motifs is 2. The number of hydrogen-bond donors (Lipinski definition) is 3. The lowest BCUT2D eigenvalue weighted by Crippen LogP contribution is -2.41. The summed E-state index contributed by atoms with van der Waals surface area (Å²) in [5.41, 5.74) is 2.91. The molecule has 3 N–H and O–H groups in total. The van der Waals surface area contributed by atoms with E-state index in [4.69, 9.17) is 14.2 Å². The zero-order chi connectivity index (χ0) is 21.4. The van der Waals surface area contributed by atoms with Crippen LogP contribution >= 0.6 is 0 Å². The third-order valence-electron chi connectivity index (χ3n) is 5.43. The number of morpholine rings is 1. The number of aromatic nitrogens is 3. The maximum atomic E-state index is 13.1. The highest BCUT2D eigenvalue weighted by Gasteiger charge is 2.28. The van der Waals surface area contributed by atoms with E-state index in [1.54, 1.807) is 17.0 Å². The van der Waals surface area contributed by atoms with Crippen LogP contribution in [0, 0.1) is 6.92 Å². The molecule has 3 aromatic rings. The van der Waals surface area contributed by atoms with Crippen LogP contribution in [0.1, 0.15) is 15.9 Å². The molecule has 2 aromatic heterocycles. The SMILES string of the molecule is CNc1nc(Nc2ccc(C(=O)N3CCOCC3)c3c2OCCO3)nc2[nH]cc(C)c12. The number of nitrogens with zero attached hydrogens (tertiary/aromatic N) is 3. The number of ether oxygens (including phenoxy) is 3. The second-order valence-electron chi connectivity index (χ2n) is 7.39. The Labute approximate surface area is 178 Å². The molecule has 0 bridgehead atoms. The molecule has 162 valence electrons. The number of benzene rings is 1. The summed E-state index contributed by atoms with van der Waals surface area (Å²) in [5, 5.41) is 7.29. The van der Waals surface area contributed by atoms with Crippen LogP contribution < -0.4 is 20.1 Å².